The van der Waals surface area contributed by atoms with Gasteiger partial charge in [-0.2, -0.15) is 0 Å². The number of aliphatic hydroxyl groups excluding tert-OH is 1. The Morgan fingerprint density at radius 2 is 1.61 bits per heavy atom. The number of nitrogens with zero attached hydrogens (tertiary/aromatic N) is 2. The number of nitrogens with one attached hydrogen (secondary N) is 1. The van der Waals surface area contributed by atoms with Gasteiger partial charge in [0.1, 0.15) is 18.8 Å². The molecule has 0 radical (unpaired) electrons. The van der Waals surface area contributed by atoms with Gasteiger partial charge in [-0.05, 0) is 44.4 Å². The Kier molecular flexibility index (Phi) is 13.4. The van der Waals surface area contributed by atoms with Crippen LogP contribution < -0.4 is 5.32 Å². The number of amides is 3. The molecule has 3 amide bonds. The summed E-state index contributed by atoms with van der Waals surface area (Å²) in [7, 11) is 0. The highest BCUT2D eigenvalue weighted by atomic mass is 16.6. The van der Waals surface area contributed by atoms with Crippen molar-refractivity contribution in [1.82, 2.24) is 15.1 Å². The van der Waals surface area contributed by atoms with Crippen LogP contribution >= 0.6 is 0 Å². The number of piperazine rings is 1. The van der Waals surface area contributed by atoms with Crippen molar-refractivity contribution in [3.8, 4) is 0 Å². The molecular weight excluding hydrogens is 398 g/mol. The minimum absolute atomic E-state index is 0.129. The molecule has 0 aromatic carbocycles. The second kappa shape index (κ2) is 14.3. The Bertz CT molecular complexity index is 561. The van der Waals surface area contributed by atoms with Crippen molar-refractivity contribution < 1.29 is 24.2 Å². The lowest BCUT2D eigenvalue weighted by Gasteiger charge is -2.42. The summed E-state index contributed by atoms with van der Waals surface area (Å²) in [6, 6.07) is 0. The van der Waals surface area contributed by atoms with Crippen molar-refractivity contribution in [3.63, 3.8) is 0 Å². The summed E-state index contributed by atoms with van der Waals surface area (Å²) in [5, 5.41) is 12.9. The standard InChI is InChI=1S/C19H35N3O5.C4H10/c1-12(2)7-8-21-10-16(20-19(26)27-14(5)6)22(11-17(21)24)18(25)15(23)9-13(3)4;1-4(2)3/h12-16,23H,7-11H2,1-6H3,(H,20,26);4H,1-3H3/t15-,16?;/m1./s1. The lowest BCUT2D eigenvalue weighted by Crippen LogP contribution is -2.65. The predicted octanol–water partition coefficient (Wildman–Crippen LogP) is 3.23. The minimum Gasteiger partial charge on any atom is -0.447 e. The van der Waals surface area contributed by atoms with E-state index in [0.29, 0.717) is 18.9 Å². The highest BCUT2D eigenvalue weighted by Crippen LogP contribution is 2.16. The number of carbonyl (C=O) groups is 3. The molecule has 31 heavy (non-hydrogen) atoms. The van der Waals surface area contributed by atoms with Gasteiger partial charge in [-0.1, -0.05) is 48.5 Å². The molecule has 0 aliphatic carbocycles. The first-order chi connectivity index (χ1) is 14.2. The van der Waals surface area contributed by atoms with Gasteiger partial charge in [-0.25, -0.2) is 4.79 Å². The molecule has 1 aliphatic heterocycles. The number of carbonyl (C=O) groups excluding carboxylic acids is 3. The van der Waals surface area contributed by atoms with E-state index in [4.69, 9.17) is 4.74 Å². The fourth-order valence-electron chi connectivity index (χ4n) is 2.87. The monoisotopic (exact) mass is 443 g/mol. The van der Waals surface area contributed by atoms with Gasteiger partial charge in [0, 0.05) is 6.54 Å². The molecule has 8 heteroatoms. The van der Waals surface area contributed by atoms with Crippen LogP contribution in [0.4, 0.5) is 4.79 Å². The highest BCUT2D eigenvalue weighted by Gasteiger charge is 2.38. The third-order valence-electron chi connectivity index (χ3n) is 4.29. The van der Waals surface area contributed by atoms with Gasteiger partial charge in [0.05, 0.1) is 12.6 Å². The maximum Gasteiger partial charge on any atom is 0.409 e. The van der Waals surface area contributed by atoms with E-state index < -0.39 is 24.3 Å². The third-order valence-corrected chi connectivity index (χ3v) is 4.29. The van der Waals surface area contributed by atoms with Crippen LogP contribution in [-0.4, -0.2) is 70.8 Å². The molecule has 0 aromatic heterocycles. The molecule has 1 fully saturated rings. The SMILES string of the molecule is CC(C)C.CC(C)CCN1CC(NC(=O)OC(C)C)N(C(=O)[C@H](O)CC(C)C)CC1=O. The molecular formula is C23H45N3O5. The maximum absolute atomic E-state index is 12.7. The number of rotatable bonds is 8. The zero-order valence-corrected chi connectivity index (χ0v) is 21.0. The molecule has 2 atom stereocenters. The summed E-state index contributed by atoms with van der Waals surface area (Å²) in [6.07, 6.45) is -1.75. The van der Waals surface area contributed by atoms with Crippen LogP contribution in [0, 0.1) is 17.8 Å². The van der Waals surface area contributed by atoms with Crippen LogP contribution in [0.3, 0.4) is 0 Å². The highest BCUT2D eigenvalue weighted by molar-refractivity contribution is 5.88. The largest absolute Gasteiger partial charge is 0.447 e. The average molecular weight is 444 g/mol. The van der Waals surface area contributed by atoms with Crippen LogP contribution in [0.15, 0.2) is 0 Å². The summed E-state index contributed by atoms with van der Waals surface area (Å²) in [4.78, 5) is 40.1. The van der Waals surface area contributed by atoms with Crippen LogP contribution in [-0.2, 0) is 14.3 Å². The molecule has 1 saturated heterocycles. The summed E-state index contributed by atoms with van der Waals surface area (Å²) in [5.41, 5.74) is 0. The molecule has 2 N–H and O–H groups in total. The molecule has 1 unspecified atom stereocenters. The van der Waals surface area contributed by atoms with E-state index in [-0.39, 0.29) is 31.0 Å². The maximum atomic E-state index is 12.7. The van der Waals surface area contributed by atoms with Crippen LogP contribution in [0.25, 0.3) is 0 Å². The molecule has 0 bridgehead atoms. The first-order valence-electron chi connectivity index (χ1n) is 11.5. The van der Waals surface area contributed by atoms with Crippen LogP contribution in [0.2, 0.25) is 0 Å². The van der Waals surface area contributed by atoms with Gasteiger partial charge in [0.2, 0.25) is 5.91 Å². The normalized spacial score (nSPS) is 17.7. The number of aliphatic hydroxyl groups is 1. The molecule has 1 heterocycles. The van der Waals surface area contributed by atoms with Gasteiger partial charge in [-0.3, -0.25) is 14.9 Å². The Balaban J connectivity index is 0.00000206. The molecule has 1 aliphatic rings. The van der Waals surface area contributed by atoms with E-state index >= 15 is 0 Å². The van der Waals surface area contributed by atoms with E-state index in [2.05, 4.69) is 39.9 Å². The lowest BCUT2D eigenvalue weighted by atomic mass is 10.0. The van der Waals surface area contributed by atoms with E-state index in [1.54, 1.807) is 18.7 Å². The Hall–Kier alpha value is -1.83. The molecule has 182 valence electrons. The second-order valence-electron chi connectivity index (χ2n) is 9.98. The quantitative estimate of drug-likeness (QED) is 0.600. The van der Waals surface area contributed by atoms with E-state index in [0.717, 1.165) is 12.3 Å². The zero-order valence-electron chi connectivity index (χ0n) is 21.0. The smallest absolute Gasteiger partial charge is 0.409 e. The predicted molar refractivity (Wildman–Crippen MR) is 122 cm³/mol. The molecule has 0 spiro atoms. The van der Waals surface area contributed by atoms with E-state index in [9.17, 15) is 19.5 Å². The molecule has 8 nitrogen and oxygen atoms in total. The number of hydrogen-bond acceptors (Lipinski definition) is 5. The zero-order chi connectivity index (χ0) is 24.3. The number of ether oxygens (including phenoxy) is 1. The van der Waals surface area contributed by atoms with Crippen molar-refractivity contribution in [2.45, 2.75) is 93.5 Å². The minimum atomic E-state index is -1.20. The first kappa shape index (κ1) is 29.2. The molecule has 0 saturated carbocycles. The van der Waals surface area contributed by atoms with Crippen LogP contribution in [0.1, 0.15) is 75.2 Å². The van der Waals surface area contributed by atoms with Gasteiger partial charge in [0.15, 0.2) is 0 Å². The van der Waals surface area contributed by atoms with Gasteiger partial charge < -0.3 is 19.6 Å². The number of alkyl carbamates (subject to hydrolysis) is 1. The van der Waals surface area contributed by atoms with Gasteiger partial charge in [0.25, 0.3) is 5.91 Å². The van der Waals surface area contributed by atoms with Crippen molar-refractivity contribution in [2.75, 3.05) is 19.6 Å². The molecule has 1 rings (SSSR count). The average Bonchev–Trinajstić information content (AvgIpc) is 2.59. The Labute approximate surface area is 188 Å². The third kappa shape index (κ3) is 12.6. The first-order valence-corrected chi connectivity index (χ1v) is 11.5. The second-order valence-corrected chi connectivity index (χ2v) is 9.98. The fourth-order valence-corrected chi connectivity index (χ4v) is 2.87. The van der Waals surface area contributed by atoms with Gasteiger partial charge >= 0.3 is 6.09 Å². The summed E-state index contributed by atoms with van der Waals surface area (Å²) >= 11 is 0. The lowest BCUT2D eigenvalue weighted by molar-refractivity contribution is -0.155. The summed E-state index contributed by atoms with van der Waals surface area (Å²) in [6.45, 7) is 18.5. The fraction of sp³-hybridized carbons (Fsp3) is 0.870. The summed E-state index contributed by atoms with van der Waals surface area (Å²) in [5.74, 6) is 0.665. The van der Waals surface area contributed by atoms with Gasteiger partial charge in [-0.15, -0.1) is 0 Å². The van der Waals surface area contributed by atoms with Crippen molar-refractivity contribution >= 4 is 17.9 Å². The van der Waals surface area contributed by atoms with E-state index in [1.165, 1.54) is 4.90 Å². The number of hydrogen-bond donors (Lipinski definition) is 2. The molecule has 0 aromatic rings. The van der Waals surface area contributed by atoms with Crippen molar-refractivity contribution in [3.05, 3.63) is 0 Å². The Morgan fingerprint density at radius 3 is 2.06 bits per heavy atom. The van der Waals surface area contributed by atoms with E-state index in [1.807, 2.05) is 13.8 Å². The van der Waals surface area contributed by atoms with Crippen LogP contribution in [0.5, 0.6) is 0 Å². The Morgan fingerprint density at radius 1 is 1.06 bits per heavy atom. The van der Waals surface area contributed by atoms with Crippen molar-refractivity contribution in [2.24, 2.45) is 17.8 Å². The topological polar surface area (TPSA) is 99.2 Å². The van der Waals surface area contributed by atoms with Crippen molar-refractivity contribution in [1.29, 1.82) is 0 Å². The summed E-state index contributed by atoms with van der Waals surface area (Å²) < 4.78 is 5.11.